The molecule has 5 nitrogen and oxygen atoms in total. The van der Waals surface area contributed by atoms with Gasteiger partial charge in [-0.1, -0.05) is 6.92 Å². The number of hydrogen-bond donors (Lipinski definition) is 1. The summed E-state index contributed by atoms with van der Waals surface area (Å²) < 4.78 is 5.92. The molecule has 2 heterocycles. The number of carbonyl (C=O) groups is 1. The van der Waals surface area contributed by atoms with Gasteiger partial charge in [-0.2, -0.15) is 0 Å². The molecule has 0 aliphatic carbocycles. The number of amides is 1. The number of likely N-dealkylation sites (tertiary alicyclic amines) is 1. The SMILES string of the molecule is CCCN(C)CC(=O)N1CCC2(CC1)CC(O)CCO2. The van der Waals surface area contributed by atoms with Crippen molar-refractivity contribution in [2.75, 3.05) is 39.8 Å². The van der Waals surface area contributed by atoms with Crippen molar-refractivity contribution in [2.45, 2.75) is 50.7 Å². The van der Waals surface area contributed by atoms with Gasteiger partial charge in [0, 0.05) is 26.1 Å². The number of carbonyl (C=O) groups excluding carboxylic acids is 1. The van der Waals surface area contributed by atoms with Gasteiger partial charge in [0.15, 0.2) is 0 Å². The van der Waals surface area contributed by atoms with Gasteiger partial charge in [-0.05, 0) is 39.3 Å². The Morgan fingerprint density at radius 2 is 2.15 bits per heavy atom. The zero-order chi connectivity index (χ0) is 14.6. The van der Waals surface area contributed by atoms with Gasteiger partial charge in [-0.3, -0.25) is 9.69 Å². The molecule has 2 fully saturated rings. The Labute approximate surface area is 121 Å². The van der Waals surface area contributed by atoms with Crippen LogP contribution in [0.15, 0.2) is 0 Å². The Morgan fingerprint density at radius 3 is 2.75 bits per heavy atom. The number of piperidine rings is 1. The lowest BCUT2D eigenvalue weighted by atomic mass is 9.83. The van der Waals surface area contributed by atoms with Gasteiger partial charge in [0.25, 0.3) is 0 Å². The Morgan fingerprint density at radius 1 is 1.45 bits per heavy atom. The van der Waals surface area contributed by atoms with Crippen LogP contribution in [0.5, 0.6) is 0 Å². The lowest BCUT2D eigenvalue weighted by Crippen LogP contribution is -2.53. The van der Waals surface area contributed by atoms with Crippen LogP contribution in [0.2, 0.25) is 0 Å². The first-order valence-corrected chi connectivity index (χ1v) is 7.83. The Bertz CT molecular complexity index is 327. The summed E-state index contributed by atoms with van der Waals surface area (Å²) in [6.45, 7) is 5.74. The van der Waals surface area contributed by atoms with Gasteiger partial charge in [-0.15, -0.1) is 0 Å². The fourth-order valence-electron chi connectivity index (χ4n) is 3.31. The second-order valence-corrected chi connectivity index (χ2v) is 6.30. The highest BCUT2D eigenvalue weighted by molar-refractivity contribution is 5.78. The summed E-state index contributed by atoms with van der Waals surface area (Å²) in [6, 6.07) is 0. The van der Waals surface area contributed by atoms with E-state index in [0.717, 1.165) is 51.7 Å². The van der Waals surface area contributed by atoms with Crippen LogP contribution in [0.1, 0.15) is 39.0 Å². The maximum absolute atomic E-state index is 12.2. The third-order valence-electron chi connectivity index (χ3n) is 4.50. The molecule has 0 radical (unpaired) electrons. The summed E-state index contributed by atoms with van der Waals surface area (Å²) in [7, 11) is 1.99. The number of ether oxygens (including phenoxy) is 1. The Balaban J connectivity index is 1.80. The zero-order valence-corrected chi connectivity index (χ0v) is 12.8. The highest BCUT2D eigenvalue weighted by Gasteiger charge is 2.40. The van der Waals surface area contributed by atoms with E-state index < -0.39 is 0 Å². The molecular formula is C15H28N2O3. The van der Waals surface area contributed by atoms with Gasteiger partial charge in [0.1, 0.15) is 0 Å². The molecule has 2 saturated heterocycles. The molecule has 2 rings (SSSR count). The first-order valence-electron chi connectivity index (χ1n) is 7.83. The normalized spacial score (nSPS) is 26.2. The van der Waals surface area contributed by atoms with Crippen LogP contribution < -0.4 is 0 Å². The van der Waals surface area contributed by atoms with Crippen LogP contribution in [0.3, 0.4) is 0 Å². The topological polar surface area (TPSA) is 53.0 Å². The van der Waals surface area contributed by atoms with Crippen molar-refractivity contribution < 1.29 is 14.6 Å². The second-order valence-electron chi connectivity index (χ2n) is 6.30. The summed E-state index contributed by atoms with van der Waals surface area (Å²) in [5, 5.41) is 9.81. The molecule has 20 heavy (non-hydrogen) atoms. The van der Waals surface area contributed by atoms with Crippen LogP contribution in [-0.2, 0) is 9.53 Å². The van der Waals surface area contributed by atoms with E-state index in [1.54, 1.807) is 0 Å². The maximum Gasteiger partial charge on any atom is 0.236 e. The Hall–Kier alpha value is -0.650. The van der Waals surface area contributed by atoms with E-state index >= 15 is 0 Å². The number of hydrogen-bond acceptors (Lipinski definition) is 4. The van der Waals surface area contributed by atoms with Crippen molar-refractivity contribution in [1.29, 1.82) is 0 Å². The highest BCUT2D eigenvalue weighted by Crippen LogP contribution is 2.34. The number of rotatable bonds is 4. The predicted molar refractivity (Wildman–Crippen MR) is 77.5 cm³/mol. The van der Waals surface area contributed by atoms with E-state index in [2.05, 4.69) is 11.8 Å². The second kappa shape index (κ2) is 6.87. The summed E-state index contributed by atoms with van der Waals surface area (Å²) in [5.41, 5.74) is -0.177. The molecule has 1 spiro atoms. The fraction of sp³-hybridized carbons (Fsp3) is 0.933. The minimum atomic E-state index is -0.235. The summed E-state index contributed by atoms with van der Waals surface area (Å²) in [4.78, 5) is 16.2. The van der Waals surface area contributed by atoms with Gasteiger partial charge in [0.05, 0.1) is 18.2 Å². The van der Waals surface area contributed by atoms with Crippen molar-refractivity contribution >= 4 is 5.91 Å². The van der Waals surface area contributed by atoms with Crippen molar-refractivity contribution in [1.82, 2.24) is 9.80 Å². The molecule has 0 aromatic rings. The molecule has 1 N–H and O–H groups in total. The van der Waals surface area contributed by atoms with Crippen LogP contribution in [0.25, 0.3) is 0 Å². The van der Waals surface area contributed by atoms with E-state index in [1.807, 2.05) is 11.9 Å². The number of aliphatic hydroxyl groups excluding tert-OH is 1. The molecule has 0 aromatic heterocycles. The molecule has 0 aromatic carbocycles. The van der Waals surface area contributed by atoms with Gasteiger partial charge < -0.3 is 14.7 Å². The average Bonchev–Trinajstić information content (AvgIpc) is 2.39. The number of aliphatic hydroxyl groups is 1. The lowest BCUT2D eigenvalue weighted by molar-refractivity contribution is -0.154. The first-order chi connectivity index (χ1) is 9.54. The molecule has 0 bridgehead atoms. The summed E-state index contributed by atoms with van der Waals surface area (Å²) >= 11 is 0. The largest absolute Gasteiger partial charge is 0.393 e. The van der Waals surface area contributed by atoms with Crippen molar-refractivity contribution in [3.63, 3.8) is 0 Å². The van der Waals surface area contributed by atoms with E-state index in [9.17, 15) is 9.90 Å². The predicted octanol–water partition coefficient (Wildman–Crippen LogP) is 0.861. The average molecular weight is 284 g/mol. The van der Waals surface area contributed by atoms with E-state index in [4.69, 9.17) is 4.74 Å². The van der Waals surface area contributed by atoms with E-state index in [0.29, 0.717) is 13.2 Å². The molecule has 2 aliphatic rings. The summed E-state index contributed by atoms with van der Waals surface area (Å²) in [6.07, 6.45) is 4.01. The molecule has 0 saturated carbocycles. The number of likely N-dealkylation sites (N-methyl/N-ethyl adjacent to an activating group) is 1. The fourth-order valence-corrected chi connectivity index (χ4v) is 3.31. The standard InChI is InChI=1S/C15H28N2O3/c1-3-7-16(2)12-14(19)17-8-5-15(6-9-17)11-13(18)4-10-20-15/h13,18H,3-12H2,1-2H3. The maximum atomic E-state index is 12.2. The van der Waals surface area contributed by atoms with Crippen LogP contribution >= 0.6 is 0 Å². The molecule has 1 amide bonds. The lowest BCUT2D eigenvalue weighted by Gasteiger charge is -2.45. The zero-order valence-electron chi connectivity index (χ0n) is 12.8. The molecular weight excluding hydrogens is 256 g/mol. The molecule has 1 unspecified atom stereocenters. The quantitative estimate of drug-likeness (QED) is 0.832. The van der Waals surface area contributed by atoms with Crippen LogP contribution in [0, 0.1) is 0 Å². The highest BCUT2D eigenvalue weighted by atomic mass is 16.5. The minimum absolute atomic E-state index is 0.177. The van der Waals surface area contributed by atoms with Gasteiger partial charge in [-0.25, -0.2) is 0 Å². The van der Waals surface area contributed by atoms with Crippen LogP contribution in [-0.4, -0.2) is 72.4 Å². The van der Waals surface area contributed by atoms with Crippen molar-refractivity contribution in [3.8, 4) is 0 Å². The third-order valence-corrected chi connectivity index (χ3v) is 4.50. The van der Waals surface area contributed by atoms with Crippen molar-refractivity contribution in [3.05, 3.63) is 0 Å². The monoisotopic (exact) mass is 284 g/mol. The third kappa shape index (κ3) is 3.93. The number of nitrogens with zero attached hydrogens (tertiary/aromatic N) is 2. The summed E-state index contributed by atoms with van der Waals surface area (Å²) in [5.74, 6) is 0.215. The van der Waals surface area contributed by atoms with E-state index in [1.165, 1.54) is 0 Å². The molecule has 5 heteroatoms. The van der Waals surface area contributed by atoms with E-state index in [-0.39, 0.29) is 17.6 Å². The molecule has 2 aliphatic heterocycles. The van der Waals surface area contributed by atoms with Gasteiger partial charge >= 0.3 is 0 Å². The smallest absolute Gasteiger partial charge is 0.236 e. The molecule has 116 valence electrons. The van der Waals surface area contributed by atoms with Crippen LogP contribution in [0.4, 0.5) is 0 Å². The molecule has 1 atom stereocenters. The van der Waals surface area contributed by atoms with Gasteiger partial charge in [0.2, 0.25) is 5.91 Å². The minimum Gasteiger partial charge on any atom is -0.393 e. The Kier molecular flexibility index (Phi) is 5.41. The first kappa shape index (κ1) is 15.7. The van der Waals surface area contributed by atoms with Crippen molar-refractivity contribution in [2.24, 2.45) is 0 Å².